The quantitative estimate of drug-likeness (QED) is 0.119. The summed E-state index contributed by atoms with van der Waals surface area (Å²) in [7, 11) is 0. The lowest BCUT2D eigenvalue weighted by Crippen LogP contribution is -2.58. The van der Waals surface area contributed by atoms with Crippen LogP contribution in [0.5, 0.6) is 0 Å². The van der Waals surface area contributed by atoms with Gasteiger partial charge in [-0.25, -0.2) is 0 Å². The molecule has 1 aliphatic heterocycles. The highest BCUT2D eigenvalue weighted by molar-refractivity contribution is 14.1. The monoisotopic (exact) mass is 441 g/mol. The topological polar surface area (TPSA) is 137 Å². The second-order valence-corrected chi connectivity index (χ2v) is 6.10. The minimum atomic E-state index is -0.997. The summed E-state index contributed by atoms with van der Waals surface area (Å²) in [4.78, 5) is 36.3. The Morgan fingerprint density at radius 2 is 1.70 bits per heavy atom. The van der Waals surface area contributed by atoms with Crippen LogP contribution < -0.4 is 0 Å². The van der Waals surface area contributed by atoms with Crippen molar-refractivity contribution in [2.75, 3.05) is 6.61 Å². The Hall–Kier alpha value is -1.59. The van der Waals surface area contributed by atoms with Gasteiger partial charge in [-0.2, -0.15) is 0 Å². The Balaban J connectivity index is 3.09. The molecule has 11 heteroatoms. The summed E-state index contributed by atoms with van der Waals surface area (Å²) in [5, 5.41) is 3.49. The number of hydrogen-bond acceptors (Lipinski definition) is 8. The molecule has 1 fully saturated rings. The van der Waals surface area contributed by atoms with Crippen LogP contribution in [0.1, 0.15) is 20.8 Å². The molecule has 0 saturated carbocycles. The second-order valence-electron chi connectivity index (χ2n) is 4.67. The van der Waals surface area contributed by atoms with Gasteiger partial charge in [-0.15, -0.1) is 0 Å². The van der Waals surface area contributed by atoms with Crippen LogP contribution in [-0.2, 0) is 33.3 Å². The fraction of sp³-hybridized carbons (Fsp3) is 0.750. The van der Waals surface area contributed by atoms with E-state index in [4.69, 9.17) is 24.5 Å². The number of halogens is 1. The summed E-state index contributed by atoms with van der Waals surface area (Å²) in [5.74, 6) is -1.77. The minimum absolute atomic E-state index is 0.244. The van der Waals surface area contributed by atoms with Crippen LogP contribution in [0.25, 0.3) is 10.4 Å². The maximum atomic E-state index is 11.3. The molecule has 1 rings (SSSR count). The zero-order chi connectivity index (χ0) is 17.6. The van der Waals surface area contributed by atoms with Crippen LogP contribution >= 0.6 is 22.6 Å². The van der Waals surface area contributed by atoms with E-state index in [9.17, 15) is 14.4 Å². The highest BCUT2D eigenvalue weighted by atomic mass is 127. The van der Waals surface area contributed by atoms with E-state index in [-0.39, 0.29) is 6.61 Å². The highest BCUT2D eigenvalue weighted by Crippen LogP contribution is 2.32. The van der Waals surface area contributed by atoms with E-state index in [2.05, 4.69) is 10.0 Å². The van der Waals surface area contributed by atoms with Gasteiger partial charge in [0.25, 0.3) is 0 Å². The lowest BCUT2D eigenvalue weighted by Gasteiger charge is -2.41. The number of esters is 3. The van der Waals surface area contributed by atoms with Gasteiger partial charge in [0, 0.05) is 25.7 Å². The van der Waals surface area contributed by atoms with Crippen molar-refractivity contribution in [2.45, 2.75) is 49.2 Å². The molecule has 0 aliphatic carbocycles. The molecular formula is C12H16IN3O7. The molecule has 0 aromatic carbocycles. The molecule has 0 amide bonds. The molecule has 0 bridgehead atoms. The summed E-state index contributed by atoms with van der Waals surface area (Å²) < 4.78 is 20.2. The number of rotatable bonds is 5. The van der Waals surface area contributed by atoms with Gasteiger partial charge >= 0.3 is 17.9 Å². The Labute approximate surface area is 145 Å². The van der Waals surface area contributed by atoms with Gasteiger partial charge in [-0.3, -0.25) is 14.4 Å². The Morgan fingerprint density at radius 1 is 1.13 bits per heavy atom. The summed E-state index contributed by atoms with van der Waals surface area (Å²) >= 11 is 1.89. The number of ether oxygens (including phenoxy) is 4. The first-order valence-electron chi connectivity index (χ1n) is 6.57. The molecule has 1 saturated heterocycles. The summed E-state index contributed by atoms with van der Waals surface area (Å²) in [6, 6.07) is 0. The first kappa shape index (κ1) is 19.5. The standard InChI is InChI=1S/C12H16IN3O7/c1-5(17)20-4-8-10(21-6(2)18)11(22-7(3)19)9(13)12(23-8)15-16-14/h8-12H,4H2,1-3H3/t8-,9+,10-,11-,12+/m0/s1. The van der Waals surface area contributed by atoms with Crippen molar-refractivity contribution in [3.8, 4) is 0 Å². The molecule has 0 radical (unpaired) electrons. The molecule has 1 aliphatic rings. The molecule has 5 atom stereocenters. The van der Waals surface area contributed by atoms with E-state index >= 15 is 0 Å². The molecule has 23 heavy (non-hydrogen) atoms. The van der Waals surface area contributed by atoms with Gasteiger partial charge < -0.3 is 18.9 Å². The first-order valence-corrected chi connectivity index (χ1v) is 7.82. The second kappa shape index (κ2) is 8.89. The fourth-order valence-electron chi connectivity index (χ4n) is 2.02. The third-order valence-corrected chi connectivity index (χ3v) is 4.14. The predicted octanol–water partition coefficient (Wildman–Crippen LogP) is 1.25. The Bertz CT molecular complexity index is 523. The van der Waals surface area contributed by atoms with Crippen molar-refractivity contribution < 1.29 is 33.3 Å². The van der Waals surface area contributed by atoms with E-state index in [0.717, 1.165) is 0 Å². The molecule has 0 aromatic rings. The SMILES string of the molecule is CC(=O)OC[C@@H]1O[C@@H](N=[N+]=[N-])[C@H](I)[C@H](OC(C)=O)[C@H]1OC(C)=O. The molecule has 0 unspecified atom stereocenters. The van der Waals surface area contributed by atoms with Crippen LogP contribution in [0.2, 0.25) is 0 Å². The van der Waals surface area contributed by atoms with Crippen molar-refractivity contribution in [2.24, 2.45) is 5.11 Å². The summed E-state index contributed by atoms with van der Waals surface area (Å²) in [5.41, 5.74) is 8.62. The Morgan fingerprint density at radius 3 is 2.17 bits per heavy atom. The highest BCUT2D eigenvalue weighted by Gasteiger charge is 2.49. The van der Waals surface area contributed by atoms with E-state index in [1.165, 1.54) is 20.8 Å². The average molecular weight is 441 g/mol. The first-order chi connectivity index (χ1) is 10.8. The maximum absolute atomic E-state index is 11.3. The van der Waals surface area contributed by atoms with E-state index in [0.29, 0.717) is 0 Å². The summed E-state index contributed by atoms with van der Waals surface area (Å²) in [6.45, 7) is 3.36. The molecule has 10 nitrogen and oxygen atoms in total. The van der Waals surface area contributed by atoms with E-state index in [1.54, 1.807) is 0 Å². The maximum Gasteiger partial charge on any atom is 0.303 e. The fourth-order valence-corrected chi connectivity index (χ4v) is 2.89. The smallest absolute Gasteiger partial charge is 0.303 e. The number of carbonyl (C=O) groups is 3. The molecule has 0 N–H and O–H groups in total. The van der Waals surface area contributed by atoms with Crippen molar-refractivity contribution in [3.63, 3.8) is 0 Å². The average Bonchev–Trinajstić information content (AvgIpc) is 2.43. The van der Waals surface area contributed by atoms with E-state index < -0.39 is 46.4 Å². The van der Waals surface area contributed by atoms with Crippen LogP contribution in [0, 0.1) is 0 Å². The van der Waals surface area contributed by atoms with Crippen molar-refractivity contribution in [1.29, 1.82) is 0 Å². The zero-order valence-electron chi connectivity index (χ0n) is 12.7. The van der Waals surface area contributed by atoms with Crippen LogP contribution in [0.15, 0.2) is 5.11 Å². The van der Waals surface area contributed by atoms with Gasteiger partial charge in [0.05, 0.1) is 3.92 Å². The normalized spacial score (nSPS) is 29.8. The number of nitrogens with zero attached hydrogens (tertiary/aromatic N) is 3. The van der Waals surface area contributed by atoms with Gasteiger partial charge in [-0.05, 0) is 5.53 Å². The van der Waals surface area contributed by atoms with Crippen LogP contribution in [0.3, 0.4) is 0 Å². The lowest BCUT2D eigenvalue weighted by atomic mass is 10.0. The van der Waals surface area contributed by atoms with Crippen LogP contribution in [-0.4, -0.2) is 53.0 Å². The number of hydrogen-bond donors (Lipinski definition) is 0. The Kier molecular flexibility index (Phi) is 7.52. The number of alkyl halides is 1. The summed E-state index contributed by atoms with van der Waals surface area (Å²) in [6.07, 6.45) is -3.82. The predicted molar refractivity (Wildman–Crippen MR) is 83.4 cm³/mol. The van der Waals surface area contributed by atoms with Gasteiger partial charge in [-0.1, -0.05) is 27.7 Å². The van der Waals surface area contributed by atoms with Gasteiger partial charge in [0.1, 0.15) is 12.7 Å². The van der Waals surface area contributed by atoms with Gasteiger partial charge in [0.2, 0.25) is 0 Å². The molecular weight excluding hydrogens is 425 g/mol. The number of carbonyl (C=O) groups excluding carboxylic acids is 3. The minimum Gasteiger partial charge on any atom is -0.463 e. The largest absolute Gasteiger partial charge is 0.463 e. The van der Waals surface area contributed by atoms with Crippen molar-refractivity contribution >= 4 is 40.5 Å². The number of azide groups is 1. The third kappa shape index (κ3) is 5.84. The van der Waals surface area contributed by atoms with Crippen molar-refractivity contribution in [3.05, 3.63) is 10.4 Å². The van der Waals surface area contributed by atoms with Gasteiger partial charge in [0.15, 0.2) is 18.4 Å². The molecule has 1 heterocycles. The molecule has 0 spiro atoms. The zero-order valence-corrected chi connectivity index (χ0v) is 14.8. The van der Waals surface area contributed by atoms with E-state index in [1.807, 2.05) is 22.6 Å². The van der Waals surface area contributed by atoms with Crippen LogP contribution in [0.4, 0.5) is 0 Å². The molecule has 128 valence electrons. The lowest BCUT2D eigenvalue weighted by molar-refractivity contribution is -0.210. The molecule has 0 aromatic heterocycles. The third-order valence-electron chi connectivity index (χ3n) is 2.81. The van der Waals surface area contributed by atoms with Crippen molar-refractivity contribution in [1.82, 2.24) is 0 Å².